The first-order chi connectivity index (χ1) is 11.2. The molecule has 0 atom stereocenters. The van der Waals surface area contributed by atoms with Crippen LogP contribution in [0.2, 0.25) is 5.15 Å². The lowest BCUT2D eigenvalue weighted by molar-refractivity contribution is 0.0383. The van der Waals surface area contributed by atoms with Crippen molar-refractivity contribution in [3.63, 3.8) is 0 Å². The number of ether oxygens (including phenoxy) is 1. The number of carbonyl (C=O) groups is 1. The molecular formula is C15H17ClN4O2S. The standard InChI is InChI=1S/C15H17ClN4O2S/c16-13-12(23-15(19-13)11-2-1-3-17-10-11)14(21)18-4-5-20-6-8-22-9-7-20/h1-3,10H,4-9H2,(H,18,21). The van der Waals surface area contributed by atoms with Gasteiger partial charge in [-0.15, -0.1) is 11.3 Å². The van der Waals surface area contributed by atoms with Crippen molar-refractivity contribution < 1.29 is 9.53 Å². The summed E-state index contributed by atoms with van der Waals surface area (Å²) in [5.74, 6) is -0.184. The van der Waals surface area contributed by atoms with E-state index in [-0.39, 0.29) is 11.1 Å². The van der Waals surface area contributed by atoms with Crippen LogP contribution in [0.1, 0.15) is 9.67 Å². The molecule has 2 aromatic heterocycles. The summed E-state index contributed by atoms with van der Waals surface area (Å²) in [6.45, 7) is 4.70. The molecule has 122 valence electrons. The minimum Gasteiger partial charge on any atom is -0.379 e. The summed E-state index contributed by atoms with van der Waals surface area (Å²) in [5, 5.41) is 3.83. The molecule has 0 aromatic carbocycles. The molecule has 0 radical (unpaired) electrons. The number of aromatic nitrogens is 2. The molecule has 6 nitrogen and oxygen atoms in total. The van der Waals surface area contributed by atoms with Crippen LogP contribution < -0.4 is 5.32 Å². The van der Waals surface area contributed by atoms with Gasteiger partial charge in [0.2, 0.25) is 0 Å². The number of carbonyl (C=O) groups excluding carboxylic acids is 1. The van der Waals surface area contributed by atoms with Gasteiger partial charge in [0.15, 0.2) is 5.15 Å². The Kier molecular flexibility index (Phi) is 5.56. The van der Waals surface area contributed by atoms with Crippen LogP contribution in [0.3, 0.4) is 0 Å². The van der Waals surface area contributed by atoms with Crippen molar-refractivity contribution in [1.29, 1.82) is 0 Å². The Labute approximate surface area is 143 Å². The van der Waals surface area contributed by atoms with E-state index in [0.717, 1.165) is 38.4 Å². The van der Waals surface area contributed by atoms with Crippen molar-refractivity contribution in [1.82, 2.24) is 20.2 Å². The van der Waals surface area contributed by atoms with Crippen LogP contribution in [0.5, 0.6) is 0 Å². The number of rotatable bonds is 5. The maximum Gasteiger partial charge on any atom is 0.264 e. The average Bonchev–Trinajstić information content (AvgIpc) is 2.98. The van der Waals surface area contributed by atoms with Gasteiger partial charge < -0.3 is 10.1 Å². The Hall–Kier alpha value is -1.54. The third-order valence-electron chi connectivity index (χ3n) is 3.52. The Balaban J connectivity index is 1.58. The second kappa shape index (κ2) is 7.83. The summed E-state index contributed by atoms with van der Waals surface area (Å²) >= 11 is 7.39. The van der Waals surface area contributed by atoms with Gasteiger partial charge in [-0.2, -0.15) is 0 Å². The summed E-state index contributed by atoms with van der Waals surface area (Å²) in [6, 6.07) is 3.72. The lowest BCUT2D eigenvalue weighted by Gasteiger charge is -2.26. The van der Waals surface area contributed by atoms with Crippen molar-refractivity contribution in [2.75, 3.05) is 39.4 Å². The van der Waals surface area contributed by atoms with E-state index in [4.69, 9.17) is 16.3 Å². The van der Waals surface area contributed by atoms with Gasteiger partial charge in [0, 0.05) is 44.1 Å². The Morgan fingerprint density at radius 2 is 2.26 bits per heavy atom. The van der Waals surface area contributed by atoms with Gasteiger partial charge in [0.05, 0.1) is 13.2 Å². The average molecular weight is 353 g/mol. The molecule has 0 bridgehead atoms. The maximum absolute atomic E-state index is 12.3. The summed E-state index contributed by atoms with van der Waals surface area (Å²) in [4.78, 5) is 23.3. The fourth-order valence-corrected chi connectivity index (χ4v) is 3.49. The summed E-state index contributed by atoms with van der Waals surface area (Å²) in [6.07, 6.45) is 3.40. The van der Waals surface area contributed by atoms with Crippen molar-refractivity contribution in [3.05, 3.63) is 34.6 Å². The molecule has 2 aromatic rings. The van der Waals surface area contributed by atoms with E-state index in [1.165, 1.54) is 11.3 Å². The molecule has 1 aliphatic rings. The van der Waals surface area contributed by atoms with E-state index in [1.807, 2.05) is 12.1 Å². The number of halogens is 1. The summed E-state index contributed by atoms with van der Waals surface area (Å²) in [7, 11) is 0. The van der Waals surface area contributed by atoms with E-state index in [0.29, 0.717) is 16.4 Å². The molecule has 8 heteroatoms. The Morgan fingerprint density at radius 3 is 3.00 bits per heavy atom. The molecule has 1 aliphatic heterocycles. The van der Waals surface area contributed by atoms with E-state index in [2.05, 4.69) is 20.2 Å². The van der Waals surface area contributed by atoms with Gasteiger partial charge in [-0.3, -0.25) is 14.7 Å². The molecule has 1 N–H and O–H groups in total. The van der Waals surface area contributed by atoms with Gasteiger partial charge in [-0.05, 0) is 12.1 Å². The lowest BCUT2D eigenvalue weighted by Crippen LogP contribution is -2.41. The highest BCUT2D eigenvalue weighted by atomic mass is 35.5. The quantitative estimate of drug-likeness (QED) is 0.890. The first kappa shape index (κ1) is 16.3. The van der Waals surface area contributed by atoms with E-state index < -0.39 is 0 Å². The molecule has 1 saturated heterocycles. The fourth-order valence-electron chi connectivity index (χ4n) is 2.29. The molecule has 3 heterocycles. The van der Waals surface area contributed by atoms with Crippen molar-refractivity contribution in [2.24, 2.45) is 0 Å². The van der Waals surface area contributed by atoms with Crippen molar-refractivity contribution >= 4 is 28.8 Å². The van der Waals surface area contributed by atoms with Crippen molar-refractivity contribution in [3.8, 4) is 10.6 Å². The second-order valence-corrected chi connectivity index (χ2v) is 6.45. The molecule has 1 fully saturated rings. The minimum atomic E-state index is -0.184. The molecular weight excluding hydrogens is 336 g/mol. The van der Waals surface area contributed by atoms with Crippen LogP contribution in [0.4, 0.5) is 0 Å². The number of thiazole rings is 1. The number of morpholine rings is 1. The fraction of sp³-hybridized carbons (Fsp3) is 0.400. The highest BCUT2D eigenvalue weighted by Gasteiger charge is 2.18. The van der Waals surface area contributed by atoms with Crippen LogP contribution in [0, 0.1) is 0 Å². The number of amides is 1. The molecule has 0 saturated carbocycles. The predicted octanol–water partition coefficient (Wildman–Crippen LogP) is 1.92. The minimum absolute atomic E-state index is 0.184. The van der Waals surface area contributed by atoms with Gasteiger partial charge in [-0.1, -0.05) is 11.6 Å². The lowest BCUT2D eigenvalue weighted by atomic mass is 10.3. The maximum atomic E-state index is 12.3. The Bertz CT molecular complexity index is 659. The summed E-state index contributed by atoms with van der Waals surface area (Å²) in [5.41, 5.74) is 0.853. The number of pyridine rings is 1. The highest BCUT2D eigenvalue weighted by Crippen LogP contribution is 2.30. The van der Waals surface area contributed by atoms with Crippen LogP contribution in [-0.2, 0) is 4.74 Å². The Morgan fingerprint density at radius 1 is 1.43 bits per heavy atom. The van der Waals surface area contributed by atoms with Gasteiger partial charge in [-0.25, -0.2) is 4.98 Å². The highest BCUT2D eigenvalue weighted by molar-refractivity contribution is 7.17. The third-order valence-corrected chi connectivity index (χ3v) is 5.01. The molecule has 3 rings (SSSR count). The number of nitrogens with one attached hydrogen (secondary N) is 1. The smallest absolute Gasteiger partial charge is 0.264 e. The third kappa shape index (κ3) is 4.26. The zero-order chi connectivity index (χ0) is 16.1. The monoisotopic (exact) mass is 352 g/mol. The first-order valence-corrected chi connectivity index (χ1v) is 8.58. The number of nitrogens with zero attached hydrogens (tertiary/aromatic N) is 3. The van der Waals surface area contributed by atoms with Crippen molar-refractivity contribution in [2.45, 2.75) is 0 Å². The normalized spacial score (nSPS) is 15.5. The number of hydrogen-bond donors (Lipinski definition) is 1. The molecule has 0 unspecified atom stereocenters. The van der Waals surface area contributed by atoms with E-state index in [1.54, 1.807) is 12.4 Å². The SMILES string of the molecule is O=C(NCCN1CCOCC1)c1sc(-c2cccnc2)nc1Cl. The number of hydrogen-bond acceptors (Lipinski definition) is 6. The summed E-state index contributed by atoms with van der Waals surface area (Å²) < 4.78 is 5.30. The second-order valence-electron chi connectivity index (χ2n) is 5.09. The van der Waals surface area contributed by atoms with Crippen LogP contribution in [0.15, 0.2) is 24.5 Å². The molecule has 0 aliphatic carbocycles. The molecule has 23 heavy (non-hydrogen) atoms. The largest absolute Gasteiger partial charge is 0.379 e. The predicted molar refractivity (Wildman–Crippen MR) is 89.9 cm³/mol. The topological polar surface area (TPSA) is 67.4 Å². The van der Waals surface area contributed by atoms with E-state index >= 15 is 0 Å². The zero-order valence-corrected chi connectivity index (χ0v) is 14.1. The van der Waals surface area contributed by atoms with Gasteiger partial charge >= 0.3 is 0 Å². The van der Waals surface area contributed by atoms with Gasteiger partial charge in [0.25, 0.3) is 5.91 Å². The van der Waals surface area contributed by atoms with Crippen LogP contribution in [0.25, 0.3) is 10.6 Å². The molecule has 0 spiro atoms. The molecule has 1 amide bonds. The van der Waals surface area contributed by atoms with Crippen LogP contribution >= 0.6 is 22.9 Å². The first-order valence-electron chi connectivity index (χ1n) is 7.39. The zero-order valence-electron chi connectivity index (χ0n) is 12.5. The van der Waals surface area contributed by atoms with Crippen LogP contribution in [-0.4, -0.2) is 60.2 Å². The van der Waals surface area contributed by atoms with E-state index in [9.17, 15) is 4.79 Å². The van der Waals surface area contributed by atoms with Gasteiger partial charge in [0.1, 0.15) is 9.88 Å².